The molecular formula is C18H23FN2O. The monoisotopic (exact) mass is 302 g/mol. The molecule has 2 fully saturated rings. The van der Waals surface area contributed by atoms with Gasteiger partial charge in [-0.1, -0.05) is 24.3 Å². The number of halogens is 1. The maximum atomic E-state index is 12.9. The molecule has 3 rings (SSSR count). The summed E-state index contributed by atoms with van der Waals surface area (Å²) in [6.07, 6.45) is 7.22. The molecular weight excluding hydrogens is 279 g/mol. The summed E-state index contributed by atoms with van der Waals surface area (Å²) in [5, 5.41) is 0. The summed E-state index contributed by atoms with van der Waals surface area (Å²) >= 11 is 0. The Morgan fingerprint density at radius 1 is 1.23 bits per heavy atom. The molecule has 3 nitrogen and oxygen atoms in total. The Morgan fingerprint density at radius 2 is 2.00 bits per heavy atom. The zero-order valence-corrected chi connectivity index (χ0v) is 13.1. The molecule has 4 heteroatoms. The van der Waals surface area contributed by atoms with E-state index in [4.69, 9.17) is 0 Å². The van der Waals surface area contributed by atoms with Gasteiger partial charge in [-0.3, -0.25) is 9.69 Å². The van der Waals surface area contributed by atoms with Crippen LogP contribution >= 0.6 is 0 Å². The molecule has 0 N–H and O–H groups in total. The minimum absolute atomic E-state index is 0.142. The van der Waals surface area contributed by atoms with E-state index < -0.39 is 0 Å². The highest BCUT2D eigenvalue weighted by atomic mass is 19.1. The number of amides is 1. The molecule has 0 radical (unpaired) electrons. The van der Waals surface area contributed by atoms with Gasteiger partial charge in [0, 0.05) is 26.7 Å². The molecule has 1 aromatic carbocycles. The summed E-state index contributed by atoms with van der Waals surface area (Å²) in [6, 6.07) is 6.50. The number of hydrogen-bond acceptors (Lipinski definition) is 2. The lowest BCUT2D eigenvalue weighted by molar-refractivity contribution is -0.143. The van der Waals surface area contributed by atoms with Gasteiger partial charge in [-0.25, -0.2) is 4.39 Å². The average molecular weight is 302 g/mol. The topological polar surface area (TPSA) is 23.6 Å². The van der Waals surface area contributed by atoms with Crippen molar-refractivity contribution in [3.05, 3.63) is 41.7 Å². The van der Waals surface area contributed by atoms with E-state index >= 15 is 0 Å². The van der Waals surface area contributed by atoms with Crippen LogP contribution in [0.1, 0.15) is 24.8 Å². The van der Waals surface area contributed by atoms with Crippen LogP contribution in [-0.2, 0) is 4.79 Å². The van der Waals surface area contributed by atoms with Gasteiger partial charge in [-0.05, 0) is 43.5 Å². The minimum Gasteiger partial charge on any atom is -0.345 e. The number of benzene rings is 1. The Bertz CT molecular complexity index is 569. The average Bonchev–Trinajstić information content (AvgIpc) is 2.91. The third kappa shape index (κ3) is 3.07. The number of carbonyl (C=O) groups is 1. The molecule has 2 saturated heterocycles. The van der Waals surface area contributed by atoms with Crippen LogP contribution < -0.4 is 0 Å². The van der Waals surface area contributed by atoms with E-state index in [1.165, 1.54) is 12.1 Å². The normalized spacial score (nSPS) is 26.5. The molecule has 22 heavy (non-hydrogen) atoms. The van der Waals surface area contributed by atoms with Crippen LogP contribution in [0.15, 0.2) is 30.3 Å². The Morgan fingerprint density at radius 3 is 2.77 bits per heavy atom. The SMILES string of the molecule is CN1CCCC2(CCN(C/C=C/c3ccc(F)cc3)C2)C1=O. The molecule has 2 aliphatic heterocycles. The van der Waals surface area contributed by atoms with Crippen molar-refractivity contribution in [3.8, 4) is 0 Å². The van der Waals surface area contributed by atoms with Gasteiger partial charge < -0.3 is 4.90 Å². The summed E-state index contributed by atoms with van der Waals surface area (Å²) < 4.78 is 12.9. The van der Waals surface area contributed by atoms with E-state index in [0.717, 1.165) is 51.0 Å². The molecule has 1 amide bonds. The lowest BCUT2D eigenvalue weighted by atomic mass is 9.78. The number of likely N-dealkylation sites (tertiary alicyclic amines) is 2. The highest BCUT2D eigenvalue weighted by Crippen LogP contribution is 2.39. The van der Waals surface area contributed by atoms with E-state index in [1.54, 1.807) is 12.1 Å². The molecule has 1 unspecified atom stereocenters. The van der Waals surface area contributed by atoms with Gasteiger partial charge in [0.15, 0.2) is 0 Å². The quantitative estimate of drug-likeness (QED) is 0.857. The zero-order chi connectivity index (χ0) is 15.6. The summed E-state index contributed by atoms with van der Waals surface area (Å²) in [5.74, 6) is 0.113. The van der Waals surface area contributed by atoms with E-state index in [1.807, 2.05) is 18.0 Å². The standard InChI is InChI=1S/C18H23FN2O/c1-20-11-3-9-18(17(20)22)10-13-21(14-18)12-2-4-15-5-7-16(19)8-6-15/h2,4-8H,3,9-14H2,1H3/b4-2+. The zero-order valence-electron chi connectivity index (χ0n) is 13.1. The molecule has 0 aliphatic carbocycles. The van der Waals surface area contributed by atoms with E-state index in [2.05, 4.69) is 11.0 Å². The number of hydrogen-bond donors (Lipinski definition) is 0. The van der Waals surface area contributed by atoms with Gasteiger partial charge in [0.1, 0.15) is 5.82 Å². The Kier molecular flexibility index (Phi) is 4.30. The van der Waals surface area contributed by atoms with Crippen LogP contribution in [0.25, 0.3) is 6.08 Å². The smallest absolute Gasteiger partial charge is 0.229 e. The third-order valence-electron chi connectivity index (χ3n) is 4.93. The van der Waals surface area contributed by atoms with Crippen LogP contribution in [0.4, 0.5) is 4.39 Å². The second kappa shape index (κ2) is 6.21. The fourth-order valence-corrected chi connectivity index (χ4v) is 3.67. The minimum atomic E-state index is -0.210. The van der Waals surface area contributed by atoms with Crippen LogP contribution in [-0.4, -0.2) is 48.9 Å². The first-order chi connectivity index (χ1) is 10.6. The first-order valence-electron chi connectivity index (χ1n) is 7.99. The van der Waals surface area contributed by atoms with E-state index in [-0.39, 0.29) is 11.2 Å². The van der Waals surface area contributed by atoms with E-state index in [0.29, 0.717) is 5.91 Å². The molecule has 2 aliphatic rings. The fraction of sp³-hybridized carbons (Fsp3) is 0.500. The number of carbonyl (C=O) groups excluding carboxylic acids is 1. The molecule has 2 heterocycles. The maximum Gasteiger partial charge on any atom is 0.229 e. The Hall–Kier alpha value is -1.68. The van der Waals surface area contributed by atoms with Gasteiger partial charge in [-0.2, -0.15) is 0 Å². The molecule has 118 valence electrons. The van der Waals surface area contributed by atoms with Crippen molar-refractivity contribution in [3.63, 3.8) is 0 Å². The van der Waals surface area contributed by atoms with Gasteiger partial charge in [0.25, 0.3) is 0 Å². The van der Waals surface area contributed by atoms with Crippen molar-refractivity contribution >= 4 is 12.0 Å². The van der Waals surface area contributed by atoms with Crippen LogP contribution in [0.2, 0.25) is 0 Å². The fourth-order valence-electron chi connectivity index (χ4n) is 3.67. The van der Waals surface area contributed by atoms with Gasteiger partial charge in [0.2, 0.25) is 5.91 Å². The van der Waals surface area contributed by atoms with Gasteiger partial charge in [-0.15, -0.1) is 0 Å². The molecule has 0 saturated carbocycles. The second-order valence-corrected chi connectivity index (χ2v) is 6.55. The predicted molar refractivity (Wildman–Crippen MR) is 85.8 cm³/mol. The Balaban J connectivity index is 1.57. The number of nitrogens with zero attached hydrogens (tertiary/aromatic N) is 2. The van der Waals surface area contributed by atoms with Crippen molar-refractivity contribution in [2.45, 2.75) is 19.3 Å². The number of piperidine rings is 1. The maximum absolute atomic E-state index is 12.9. The van der Waals surface area contributed by atoms with Crippen molar-refractivity contribution in [1.29, 1.82) is 0 Å². The summed E-state index contributed by atoms with van der Waals surface area (Å²) in [6.45, 7) is 3.58. The molecule has 0 aromatic heterocycles. The lowest BCUT2D eigenvalue weighted by Crippen LogP contribution is -2.48. The summed E-state index contributed by atoms with van der Waals surface area (Å²) in [5.41, 5.74) is 0.861. The predicted octanol–water partition coefficient (Wildman–Crippen LogP) is 2.78. The van der Waals surface area contributed by atoms with Crippen LogP contribution in [0.5, 0.6) is 0 Å². The molecule has 1 spiro atoms. The van der Waals surface area contributed by atoms with Crippen molar-refractivity contribution in [2.24, 2.45) is 5.41 Å². The molecule has 1 aromatic rings. The van der Waals surface area contributed by atoms with Crippen LogP contribution in [0.3, 0.4) is 0 Å². The second-order valence-electron chi connectivity index (χ2n) is 6.55. The lowest BCUT2D eigenvalue weighted by Gasteiger charge is -2.37. The van der Waals surface area contributed by atoms with Crippen molar-refractivity contribution in [1.82, 2.24) is 9.80 Å². The van der Waals surface area contributed by atoms with Crippen LogP contribution in [0, 0.1) is 11.2 Å². The van der Waals surface area contributed by atoms with Crippen molar-refractivity contribution in [2.75, 3.05) is 33.2 Å². The highest BCUT2D eigenvalue weighted by molar-refractivity contribution is 5.83. The van der Waals surface area contributed by atoms with E-state index in [9.17, 15) is 9.18 Å². The molecule has 1 atom stereocenters. The highest BCUT2D eigenvalue weighted by Gasteiger charge is 2.46. The van der Waals surface area contributed by atoms with Gasteiger partial charge in [0.05, 0.1) is 5.41 Å². The summed E-state index contributed by atoms with van der Waals surface area (Å²) in [7, 11) is 1.92. The largest absolute Gasteiger partial charge is 0.345 e. The number of rotatable bonds is 3. The first-order valence-corrected chi connectivity index (χ1v) is 7.99. The Labute approximate surface area is 131 Å². The first kappa shape index (κ1) is 15.2. The van der Waals surface area contributed by atoms with Gasteiger partial charge >= 0.3 is 0 Å². The summed E-state index contributed by atoms with van der Waals surface area (Å²) in [4.78, 5) is 16.7. The third-order valence-corrected chi connectivity index (χ3v) is 4.93. The molecule has 0 bridgehead atoms. The van der Waals surface area contributed by atoms with Crippen molar-refractivity contribution < 1.29 is 9.18 Å².